The van der Waals surface area contributed by atoms with E-state index in [0.29, 0.717) is 31.5 Å². The Balaban J connectivity index is 1.48. The van der Waals surface area contributed by atoms with Crippen LogP contribution in [0.4, 0.5) is 0 Å². The van der Waals surface area contributed by atoms with E-state index in [0.717, 1.165) is 31.4 Å². The van der Waals surface area contributed by atoms with Gasteiger partial charge in [-0.2, -0.15) is 0 Å². The number of morpholine rings is 1. The minimum absolute atomic E-state index is 0.221. The van der Waals surface area contributed by atoms with E-state index in [1.807, 2.05) is 30.3 Å². The molecule has 0 unspecified atom stereocenters. The van der Waals surface area contributed by atoms with Crippen molar-refractivity contribution in [3.8, 4) is 11.5 Å². The molecule has 1 aliphatic heterocycles. The normalized spacial score (nSPS) is 28.3. The molecular weight excluding hydrogens is 306 g/mol. The standard InChI is InChI=1S/C18H23N3O3/c22-16-8-4-7-14(16)15-12-23-10-9-21(15)11-17-19-20-18(24-17)13-5-2-1-3-6-13/h1-3,5-6,14-16,22H,4,7-12H2/t14-,15+,16+/m0/s1. The second-order valence-electron chi connectivity index (χ2n) is 6.64. The van der Waals surface area contributed by atoms with E-state index in [-0.39, 0.29) is 18.1 Å². The summed E-state index contributed by atoms with van der Waals surface area (Å²) in [7, 11) is 0. The Morgan fingerprint density at radius 3 is 2.83 bits per heavy atom. The van der Waals surface area contributed by atoms with Crippen molar-refractivity contribution < 1.29 is 14.3 Å². The lowest BCUT2D eigenvalue weighted by molar-refractivity contribution is -0.0562. The van der Waals surface area contributed by atoms with Crippen LogP contribution < -0.4 is 0 Å². The molecule has 2 fully saturated rings. The number of hydrogen-bond acceptors (Lipinski definition) is 6. The lowest BCUT2D eigenvalue weighted by Gasteiger charge is -2.39. The van der Waals surface area contributed by atoms with Crippen LogP contribution in [0.25, 0.3) is 11.5 Å². The van der Waals surface area contributed by atoms with Crippen LogP contribution in [-0.4, -0.2) is 52.1 Å². The smallest absolute Gasteiger partial charge is 0.247 e. The van der Waals surface area contributed by atoms with Gasteiger partial charge in [-0.25, -0.2) is 0 Å². The monoisotopic (exact) mass is 329 g/mol. The second-order valence-corrected chi connectivity index (χ2v) is 6.64. The van der Waals surface area contributed by atoms with Gasteiger partial charge in [0.05, 0.1) is 25.9 Å². The van der Waals surface area contributed by atoms with Gasteiger partial charge in [0.1, 0.15) is 0 Å². The first-order valence-corrected chi connectivity index (χ1v) is 8.69. The minimum atomic E-state index is -0.221. The average Bonchev–Trinajstić information content (AvgIpc) is 3.25. The zero-order chi connectivity index (χ0) is 16.4. The number of aliphatic hydroxyl groups is 1. The Morgan fingerprint density at radius 2 is 2.04 bits per heavy atom. The lowest BCUT2D eigenvalue weighted by Crippen LogP contribution is -2.50. The molecule has 1 saturated carbocycles. The molecule has 2 aliphatic rings. The van der Waals surface area contributed by atoms with Gasteiger partial charge in [-0.1, -0.05) is 24.6 Å². The highest BCUT2D eigenvalue weighted by atomic mass is 16.5. The van der Waals surface area contributed by atoms with Crippen LogP contribution in [0.2, 0.25) is 0 Å². The van der Waals surface area contributed by atoms with Gasteiger partial charge in [-0.3, -0.25) is 4.90 Å². The molecule has 1 N–H and O–H groups in total. The maximum Gasteiger partial charge on any atom is 0.247 e. The Hall–Kier alpha value is -1.76. The summed E-state index contributed by atoms with van der Waals surface area (Å²) in [5.41, 5.74) is 0.931. The number of ether oxygens (including phenoxy) is 1. The SMILES string of the molecule is O[C@@H]1CCC[C@H]1[C@H]1COCCN1Cc1nnc(-c2ccccc2)o1. The molecule has 2 heterocycles. The van der Waals surface area contributed by atoms with Crippen molar-refractivity contribution in [1.82, 2.24) is 15.1 Å². The summed E-state index contributed by atoms with van der Waals surface area (Å²) in [6.07, 6.45) is 2.83. The second kappa shape index (κ2) is 7.01. The van der Waals surface area contributed by atoms with Crippen LogP contribution in [0.3, 0.4) is 0 Å². The number of nitrogens with zero attached hydrogens (tertiary/aromatic N) is 3. The molecule has 128 valence electrons. The molecule has 24 heavy (non-hydrogen) atoms. The van der Waals surface area contributed by atoms with Crippen molar-refractivity contribution in [2.75, 3.05) is 19.8 Å². The fraction of sp³-hybridized carbons (Fsp3) is 0.556. The molecule has 6 heteroatoms. The van der Waals surface area contributed by atoms with Gasteiger partial charge in [0.25, 0.3) is 0 Å². The topological polar surface area (TPSA) is 71.6 Å². The van der Waals surface area contributed by atoms with Crippen LogP contribution in [0, 0.1) is 5.92 Å². The van der Waals surface area contributed by atoms with Gasteiger partial charge in [0.15, 0.2) is 0 Å². The van der Waals surface area contributed by atoms with Crippen molar-refractivity contribution in [1.29, 1.82) is 0 Å². The fourth-order valence-corrected chi connectivity index (χ4v) is 3.85. The molecule has 1 aliphatic carbocycles. The van der Waals surface area contributed by atoms with E-state index in [4.69, 9.17) is 9.15 Å². The van der Waals surface area contributed by atoms with Crippen LogP contribution in [0.1, 0.15) is 25.2 Å². The summed E-state index contributed by atoms with van der Waals surface area (Å²) < 4.78 is 11.5. The summed E-state index contributed by atoms with van der Waals surface area (Å²) in [6, 6.07) is 10.0. The van der Waals surface area contributed by atoms with Gasteiger partial charge in [0, 0.05) is 24.1 Å². The minimum Gasteiger partial charge on any atom is -0.419 e. The number of benzene rings is 1. The number of rotatable bonds is 4. The highest BCUT2D eigenvalue weighted by molar-refractivity contribution is 5.51. The van der Waals surface area contributed by atoms with Crippen molar-refractivity contribution in [2.45, 2.75) is 38.0 Å². The van der Waals surface area contributed by atoms with E-state index in [9.17, 15) is 5.11 Å². The lowest BCUT2D eigenvalue weighted by atomic mass is 9.94. The summed E-state index contributed by atoms with van der Waals surface area (Å²) in [5.74, 6) is 1.45. The van der Waals surface area contributed by atoms with E-state index < -0.39 is 0 Å². The zero-order valence-electron chi connectivity index (χ0n) is 13.7. The fourth-order valence-electron chi connectivity index (χ4n) is 3.85. The third-order valence-corrected chi connectivity index (χ3v) is 5.13. The first kappa shape index (κ1) is 15.7. The van der Waals surface area contributed by atoms with Gasteiger partial charge in [-0.05, 0) is 25.0 Å². The van der Waals surface area contributed by atoms with Crippen molar-refractivity contribution >= 4 is 0 Å². The molecular formula is C18H23N3O3. The molecule has 4 rings (SSSR count). The van der Waals surface area contributed by atoms with Crippen LogP contribution in [0.15, 0.2) is 34.7 Å². The first-order chi connectivity index (χ1) is 11.8. The molecule has 6 nitrogen and oxygen atoms in total. The summed E-state index contributed by atoms with van der Waals surface area (Å²) in [4.78, 5) is 2.32. The largest absolute Gasteiger partial charge is 0.419 e. The predicted molar refractivity (Wildman–Crippen MR) is 88.1 cm³/mol. The van der Waals surface area contributed by atoms with E-state index >= 15 is 0 Å². The number of aliphatic hydroxyl groups excluding tert-OH is 1. The van der Waals surface area contributed by atoms with Crippen LogP contribution in [0.5, 0.6) is 0 Å². The third kappa shape index (κ3) is 3.22. The summed E-state index contributed by atoms with van der Waals surface area (Å²) >= 11 is 0. The van der Waals surface area contributed by atoms with E-state index in [1.54, 1.807) is 0 Å². The van der Waals surface area contributed by atoms with Crippen molar-refractivity contribution in [3.63, 3.8) is 0 Å². The summed E-state index contributed by atoms with van der Waals surface area (Å²) in [5, 5.41) is 18.6. The molecule has 1 aromatic heterocycles. The number of hydrogen-bond donors (Lipinski definition) is 1. The molecule has 0 spiro atoms. The third-order valence-electron chi connectivity index (χ3n) is 5.13. The maximum absolute atomic E-state index is 10.2. The number of aromatic nitrogens is 2. The zero-order valence-corrected chi connectivity index (χ0v) is 13.7. The van der Waals surface area contributed by atoms with E-state index in [2.05, 4.69) is 15.1 Å². The van der Waals surface area contributed by atoms with Crippen molar-refractivity contribution in [3.05, 3.63) is 36.2 Å². The molecule has 2 aromatic rings. The van der Waals surface area contributed by atoms with Gasteiger partial charge in [-0.15, -0.1) is 10.2 Å². The summed E-state index contributed by atoms with van der Waals surface area (Å²) in [6.45, 7) is 2.81. The highest BCUT2D eigenvalue weighted by Gasteiger charge is 2.38. The predicted octanol–water partition coefficient (Wildman–Crippen LogP) is 2.10. The molecule has 1 saturated heterocycles. The Bertz CT molecular complexity index is 661. The van der Waals surface area contributed by atoms with Crippen LogP contribution in [-0.2, 0) is 11.3 Å². The Morgan fingerprint density at radius 1 is 1.17 bits per heavy atom. The average molecular weight is 329 g/mol. The first-order valence-electron chi connectivity index (χ1n) is 8.69. The molecule has 0 bridgehead atoms. The van der Waals surface area contributed by atoms with Crippen molar-refractivity contribution in [2.24, 2.45) is 5.92 Å². The molecule has 0 radical (unpaired) electrons. The molecule has 3 atom stereocenters. The Kier molecular flexibility index (Phi) is 4.60. The van der Waals surface area contributed by atoms with Gasteiger partial charge in [0.2, 0.25) is 11.8 Å². The van der Waals surface area contributed by atoms with Gasteiger partial charge >= 0.3 is 0 Å². The molecule has 1 aromatic carbocycles. The van der Waals surface area contributed by atoms with E-state index in [1.165, 1.54) is 0 Å². The van der Waals surface area contributed by atoms with Gasteiger partial charge < -0.3 is 14.3 Å². The maximum atomic E-state index is 10.2. The quantitative estimate of drug-likeness (QED) is 0.926. The highest BCUT2D eigenvalue weighted by Crippen LogP contribution is 2.32. The Labute approximate surface area is 141 Å². The van der Waals surface area contributed by atoms with Crippen LogP contribution >= 0.6 is 0 Å². The molecule has 0 amide bonds.